The van der Waals surface area contributed by atoms with E-state index in [1.54, 1.807) is 0 Å². The van der Waals surface area contributed by atoms with Crippen LogP contribution in [0.25, 0.3) is 0 Å². The SMILES string of the molecule is O=C(CCCCCO)CC(=O)CCCCCO. The van der Waals surface area contributed by atoms with Crippen LogP contribution >= 0.6 is 0 Å². The smallest absolute Gasteiger partial charge is 0.140 e. The second kappa shape index (κ2) is 11.7. The Morgan fingerprint density at radius 1 is 0.647 bits per heavy atom. The molecule has 0 aromatic heterocycles. The average Bonchev–Trinajstić information content (AvgIpc) is 2.30. The maximum atomic E-state index is 11.4. The molecule has 0 saturated carbocycles. The van der Waals surface area contributed by atoms with E-state index in [9.17, 15) is 9.59 Å². The summed E-state index contributed by atoms with van der Waals surface area (Å²) >= 11 is 0. The standard InChI is InChI=1S/C13H24O4/c14-9-5-1-3-7-12(16)11-13(17)8-4-2-6-10-15/h14-15H,1-11H2. The van der Waals surface area contributed by atoms with Crippen LogP contribution in [0.1, 0.15) is 57.8 Å². The van der Waals surface area contributed by atoms with Gasteiger partial charge in [0, 0.05) is 26.1 Å². The van der Waals surface area contributed by atoms with Crippen LogP contribution in [0.15, 0.2) is 0 Å². The van der Waals surface area contributed by atoms with Crippen LogP contribution < -0.4 is 0 Å². The summed E-state index contributed by atoms with van der Waals surface area (Å²) in [5.41, 5.74) is 0. The van der Waals surface area contributed by atoms with Gasteiger partial charge in [-0.05, 0) is 25.7 Å². The van der Waals surface area contributed by atoms with Crippen molar-refractivity contribution in [3.63, 3.8) is 0 Å². The maximum Gasteiger partial charge on any atom is 0.140 e. The fraction of sp³-hybridized carbons (Fsp3) is 0.846. The number of ketones is 2. The highest BCUT2D eigenvalue weighted by atomic mass is 16.3. The Labute approximate surface area is 103 Å². The molecule has 2 N–H and O–H groups in total. The van der Waals surface area contributed by atoms with Crippen molar-refractivity contribution in [2.45, 2.75) is 57.8 Å². The Balaban J connectivity index is 3.42. The van der Waals surface area contributed by atoms with E-state index in [1.807, 2.05) is 0 Å². The first kappa shape index (κ1) is 16.3. The van der Waals surface area contributed by atoms with Crippen LogP contribution in [0, 0.1) is 0 Å². The first-order valence-electron chi connectivity index (χ1n) is 6.45. The van der Waals surface area contributed by atoms with E-state index in [0.717, 1.165) is 38.5 Å². The van der Waals surface area contributed by atoms with Crippen molar-refractivity contribution in [3.05, 3.63) is 0 Å². The summed E-state index contributed by atoms with van der Waals surface area (Å²) in [4.78, 5) is 22.8. The molecule has 0 unspecified atom stereocenters. The summed E-state index contributed by atoms with van der Waals surface area (Å²) in [6.07, 6.45) is 5.60. The molecule has 100 valence electrons. The molecule has 0 rings (SSSR count). The van der Waals surface area contributed by atoms with Crippen LogP contribution in [-0.4, -0.2) is 35.0 Å². The largest absolute Gasteiger partial charge is 0.396 e. The third-order valence-electron chi connectivity index (χ3n) is 2.62. The summed E-state index contributed by atoms with van der Waals surface area (Å²) in [5.74, 6) is 0.0187. The average molecular weight is 244 g/mol. The lowest BCUT2D eigenvalue weighted by Crippen LogP contribution is -2.07. The Kier molecular flexibility index (Phi) is 11.2. The predicted molar refractivity (Wildman–Crippen MR) is 65.7 cm³/mol. The molecule has 0 heterocycles. The van der Waals surface area contributed by atoms with Crippen LogP contribution in [0.2, 0.25) is 0 Å². The molecule has 17 heavy (non-hydrogen) atoms. The van der Waals surface area contributed by atoms with Crippen LogP contribution in [0.4, 0.5) is 0 Å². The second-order valence-electron chi connectivity index (χ2n) is 4.32. The number of hydrogen-bond donors (Lipinski definition) is 2. The lowest BCUT2D eigenvalue weighted by atomic mass is 10.0. The van der Waals surface area contributed by atoms with Gasteiger partial charge in [0.1, 0.15) is 11.6 Å². The number of aliphatic hydroxyl groups is 2. The van der Waals surface area contributed by atoms with Gasteiger partial charge in [-0.3, -0.25) is 9.59 Å². The van der Waals surface area contributed by atoms with Gasteiger partial charge in [-0.2, -0.15) is 0 Å². The molecule has 4 nitrogen and oxygen atoms in total. The molecular formula is C13H24O4. The number of aliphatic hydroxyl groups excluding tert-OH is 2. The number of carbonyl (C=O) groups excluding carboxylic acids is 2. The fourth-order valence-corrected chi connectivity index (χ4v) is 1.62. The summed E-state index contributed by atoms with van der Waals surface area (Å²) in [6.45, 7) is 0.329. The van der Waals surface area contributed by atoms with Crippen molar-refractivity contribution >= 4 is 11.6 Å². The molecule has 0 aromatic carbocycles. The second-order valence-corrected chi connectivity index (χ2v) is 4.32. The molecule has 0 aliphatic rings. The molecule has 0 bridgehead atoms. The van der Waals surface area contributed by atoms with Crippen molar-refractivity contribution in [1.82, 2.24) is 0 Å². The number of carbonyl (C=O) groups is 2. The lowest BCUT2D eigenvalue weighted by Gasteiger charge is -2.01. The highest BCUT2D eigenvalue weighted by Crippen LogP contribution is 2.06. The van der Waals surface area contributed by atoms with Gasteiger partial charge in [-0.1, -0.05) is 12.8 Å². The zero-order valence-electron chi connectivity index (χ0n) is 10.5. The number of hydrogen-bond acceptors (Lipinski definition) is 4. The molecule has 4 heteroatoms. The zero-order chi connectivity index (χ0) is 12.9. The lowest BCUT2D eigenvalue weighted by molar-refractivity contribution is -0.127. The Bertz CT molecular complexity index is 191. The van der Waals surface area contributed by atoms with Crippen molar-refractivity contribution in [1.29, 1.82) is 0 Å². The summed E-state index contributed by atoms with van der Waals surface area (Å²) in [7, 11) is 0. The van der Waals surface area contributed by atoms with Crippen LogP contribution in [-0.2, 0) is 9.59 Å². The molecular weight excluding hydrogens is 220 g/mol. The first-order valence-corrected chi connectivity index (χ1v) is 6.45. The van der Waals surface area contributed by atoms with Gasteiger partial charge < -0.3 is 10.2 Å². The van der Waals surface area contributed by atoms with Gasteiger partial charge in [0.2, 0.25) is 0 Å². The molecule has 0 fully saturated rings. The number of Topliss-reactive ketones (excluding diaryl/α,β-unsaturated/α-hetero) is 2. The van der Waals surface area contributed by atoms with Crippen molar-refractivity contribution in [2.24, 2.45) is 0 Å². The van der Waals surface area contributed by atoms with Crippen LogP contribution in [0.5, 0.6) is 0 Å². The van der Waals surface area contributed by atoms with Gasteiger partial charge in [-0.15, -0.1) is 0 Å². The highest BCUT2D eigenvalue weighted by molar-refractivity contribution is 5.98. The van der Waals surface area contributed by atoms with Crippen molar-refractivity contribution < 1.29 is 19.8 Å². The molecule has 0 spiro atoms. The van der Waals surface area contributed by atoms with E-state index in [4.69, 9.17) is 10.2 Å². The quantitative estimate of drug-likeness (QED) is 0.404. The maximum absolute atomic E-state index is 11.4. The monoisotopic (exact) mass is 244 g/mol. The summed E-state index contributed by atoms with van der Waals surface area (Å²) < 4.78 is 0. The van der Waals surface area contributed by atoms with E-state index < -0.39 is 0 Å². The molecule has 0 aromatic rings. The normalized spacial score (nSPS) is 10.5. The molecule has 0 radical (unpaired) electrons. The fourth-order valence-electron chi connectivity index (χ4n) is 1.62. The molecule has 0 atom stereocenters. The third kappa shape index (κ3) is 11.5. The molecule has 0 aliphatic heterocycles. The summed E-state index contributed by atoms with van der Waals surface area (Å²) in [5, 5.41) is 17.1. The number of unbranched alkanes of at least 4 members (excludes halogenated alkanes) is 4. The van der Waals surface area contributed by atoms with Gasteiger partial charge in [0.15, 0.2) is 0 Å². The molecule has 0 aliphatic carbocycles. The van der Waals surface area contributed by atoms with E-state index in [-0.39, 0.29) is 31.2 Å². The highest BCUT2D eigenvalue weighted by Gasteiger charge is 2.08. The minimum Gasteiger partial charge on any atom is -0.396 e. The topological polar surface area (TPSA) is 74.6 Å². The van der Waals surface area contributed by atoms with Gasteiger partial charge in [-0.25, -0.2) is 0 Å². The minimum atomic E-state index is 0.00935. The van der Waals surface area contributed by atoms with Crippen LogP contribution in [0.3, 0.4) is 0 Å². The molecule has 0 amide bonds. The number of rotatable bonds is 12. The minimum absolute atomic E-state index is 0.00935. The van der Waals surface area contributed by atoms with Crippen molar-refractivity contribution in [2.75, 3.05) is 13.2 Å². The Morgan fingerprint density at radius 3 is 1.41 bits per heavy atom. The van der Waals surface area contributed by atoms with E-state index in [2.05, 4.69) is 0 Å². The van der Waals surface area contributed by atoms with Gasteiger partial charge in [0.25, 0.3) is 0 Å². The van der Waals surface area contributed by atoms with E-state index >= 15 is 0 Å². The Hall–Kier alpha value is -0.740. The molecule has 0 saturated heterocycles. The predicted octanol–water partition coefficient (Wildman–Crippen LogP) is 1.62. The van der Waals surface area contributed by atoms with Gasteiger partial charge in [0.05, 0.1) is 6.42 Å². The van der Waals surface area contributed by atoms with E-state index in [1.165, 1.54) is 0 Å². The first-order chi connectivity index (χ1) is 8.20. The summed E-state index contributed by atoms with van der Waals surface area (Å²) in [6, 6.07) is 0. The van der Waals surface area contributed by atoms with Crippen molar-refractivity contribution in [3.8, 4) is 0 Å². The van der Waals surface area contributed by atoms with E-state index in [0.29, 0.717) is 12.8 Å². The Morgan fingerprint density at radius 2 is 1.06 bits per heavy atom. The van der Waals surface area contributed by atoms with Gasteiger partial charge >= 0.3 is 0 Å². The zero-order valence-corrected chi connectivity index (χ0v) is 10.5. The third-order valence-corrected chi connectivity index (χ3v) is 2.62.